The van der Waals surface area contributed by atoms with E-state index in [1.54, 1.807) is 23.8 Å². The van der Waals surface area contributed by atoms with E-state index in [0.29, 0.717) is 22.4 Å². The van der Waals surface area contributed by atoms with Crippen molar-refractivity contribution in [2.45, 2.75) is 13.8 Å². The third-order valence-corrected chi connectivity index (χ3v) is 4.08. The van der Waals surface area contributed by atoms with Crippen molar-refractivity contribution in [2.24, 2.45) is 0 Å². The maximum absolute atomic E-state index is 12.3. The van der Waals surface area contributed by atoms with E-state index < -0.39 is 5.91 Å². The Balaban J connectivity index is 1.59. The number of rotatable bonds is 3. The molecule has 4 heterocycles. The van der Waals surface area contributed by atoms with E-state index in [2.05, 4.69) is 25.4 Å². The molecular weight excluding hydrogens is 328 g/mol. The molecule has 4 aromatic heterocycles. The molecule has 0 spiro atoms. The molecule has 9 heteroatoms. The van der Waals surface area contributed by atoms with Gasteiger partial charge in [0.05, 0.1) is 6.26 Å². The predicted octanol–water partition coefficient (Wildman–Crippen LogP) is 2.71. The summed E-state index contributed by atoms with van der Waals surface area (Å²) in [4.78, 5) is 25.1. The van der Waals surface area contributed by atoms with Crippen molar-refractivity contribution in [3.05, 3.63) is 47.1 Å². The average Bonchev–Trinajstić information content (AvgIpc) is 3.26. The van der Waals surface area contributed by atoms with Crippen LogP contribution in [0.15, 0.2) is 34.3 Å². The summed E-state index contributed by atoms with van der Waals surface area (Å²) in [5.74, 6) is 0.657. The second-order valence-electron chi connectivity index (χ2n) is 5.16. The molecule has 0 saturated heterocycles. The molecule has 4 aromatic rings. The van der Waals surface area contributed by atoms with Gasteiger partial charge in [0.15, 0.2) is 10.9 Å². The summed E-state index contributed by atoms with van der Waals surface area (Å²) in [6.07, 6.45) is 1.57. The van der Waals surface area contributed by atoms with Crippen LogP contribution in [0.2, 0.25) is 0 Å². The average molecular weight is 340 g/mol. The summed E-state index contributed by atoms with van der Waals surface area (Å²) in [6.45, 7) is 3.75. The molecule has 0 atom stereocenters. The minimum Gasteiger partial charge on any atom is -0.463 e. The van der Waals surface area contributed by atoms with E-state index in [1.807, 2.05) is 19.9 Å². The zero-order chi connectivity index (χ0) is 16.7. The number of aromatic nitrogens is 5. The highest BCUT2D eigenvalue weighted by molar-refractivity contribution is 7.14. The highest BCUT2D eigenvalue weighted by Gasteiger charge is 2.17. The number of fused-ring (bicyclic) bond motifs is 1. The fraction of sp³-hybridized carbons (Fsp3) is 0.133. The van der Waals surface area contributed by atoms with E-state index in [1.165, 1.54) is 15.9 Å². The molecule has 24 heavy (non-hydrogen) atoms. The summed E-state index contributed by atoms with van der Waals surface area (Å²) in [5.41, 5.74) is 2.34. The fourth-order valence-electron chi connectivity index (χ4n) is 2.28. The van der Waals surface area contributed by atoms with E-state index in [4.69, 9.17) is 4.42 Å². The number of furan rings is 1. The lowest BCUT2D eigenvalue weighted by atomic mass is 10.4. The van der Waals surface area contributed by atoms with Crippen molar-refractivity contribution in [1.82, 2.24) is 24.6 Å². The second-order valence-corrected chi connectivity index (χ2v) is 6.01. The minimum atomic E-state index is -0.433. The smallest absolute Gasteiger partial charge is 0.297 e. The quantitative estimate of drug-likeness (QED) is 0.616. The zero-order valence-corrected chi connectivity index (χ0v) is 13.7. The maximum Gasteiger partial charge on any atom is 0.297 e. The van der Waals surface area contributed by atoms with E-state index in [9.17, 15) is 4.79 Å². The first kappa shape index (κ1) is 14.5. The Morgan fingerprint density at radius 3 is 2.96 bits per heavy atom. The third-order valence-electron chi connectivity index (χ3n) is 3.32. The number of carbonyl (C=O) groups excluding carboxylic acids is 1. The van der Waals surface area contributed by atoms with Gasteiger partial charge in [0.1, 0.15) is 5.69 Å². The van der Waals surface area contributed by atoms with Gasteiger partial charge in [0, 0.05) is 16.8 Å². The zero-order valence-electron chi connectivity index (χ0n) is 12.8. The Bertz CT molecular complexity index is 1030. The molecule has 1 N–H and O–H groups in total. The van der Waals surface area contributed by atoms with Gasteiger partial charge in [0.25, 0.3) is 11.7 Å². The minimum absolute atomic E-state index is 0.0472. The highest BCUT2D eigenvalue weighted by atomic mass is 32.1. The predicted molar refractivity (Wildman–Crippen MR) is 88.0 cm³/mol. The fourth-order valence-corrected chi connectivity index (χ4v) is 2.98. The van der Waals surface area contributed by atoms with Crippen molar-refractivity contribution in [1.29, 1.82) is 0 Å². The van der Waals surface area contributed by atoms with Gasteiger partial charge < -0.3 is 4.42 Å². The van der Waals surface area contributed by atoms with Crippen LogP contribution >= 0.6 is 11.3 Å². The molecule has 0 aliphatic heterocycles. The van der Waals surface area contributed by atoms with Gasteiger partial charge in [0.2, 0.25) is 5.82 Å². The SMILES string of the molecule is Cc1cc(C)n2nc(C(=O)Nc3nc(-c4ccco4)cs3)nc2n1. The number of amides is 1. The number of carbonyl (C=O) groups is 1. The Morgan fingerprint density at radius 2 is 2.17 bits per heavy atom. The van der Waals surface area contributed by atoms with Crippen molar-refractivity contribution < 1.29 is 9.21 Å². The molecule has 0 aliphatic carbocycles. The molecule has 0 fully saturated rings. The molecule has 1 amide bonds. The van der Waals surface area contributed by atoms with Gasteiger partial charge in [-0.05, 0) is 32.0 Å². The summed E-state index contributed by atoms with van der Waals surface area (Å²) in [5, 5.41) is 9.15. The molecular formula is C15H12N6O2S. The number of anilines is 1. The first-order valence-electron chi connectivity index (χ1n) is 7.12. The second kappa shape index (κ2) is 5.53. The number of hydrogen-bond acceptors (Lipinski definition) is 7. The van der Waals surface area contributed by atoms with Crippen LogP contribution in [0.4, 0.5) is 5.13 Å². The van der Waals surface area contributed by atoms with Crippen molar-refractivity contribution in [3.8, 4) is 11.5 Å². The molecule has 0 bridgehead atoms. The van der Waals surface area contributed by atoms with Gasteiger partial charge in [-0.3, -0.25) is 10.1 Å². The summed E-state index contributed by atoms with van der Waals surface area (Å²) in [6, 6.07) is 5.46. The number of aryl methyl sites for hydroxylation is 2. The van der Waals surface area contributed by atoms with Crippen LogP contribution in [0.25, 0.3) is 17.2 Å². The standard InChI is InChI=1S/C15H12N6O2S/c1-8-6-9(2)21-14(16-8)18-12(20-21)13(22)19-15-17-10(7-24-15)11-4-3-5-23-11/h3-7H,1-2H3,(H,17,19,22). The van der Waals surface area contributed by atoms with Crippen LogP contribution < -0.4 is 5.32 Å². The molecule has 120 valence electrons. The Hall–Kier alpha value is -3.07. The topological polar surface area (TPSA) is 98.2 Å². The molecule has 0 unspecified atom stereocenters. The van der Waals surface area contributed by atoms with Crippen LogP contribution in [0.1, 0.15) is 22.0 Å². The van der Waals surface area contributed by atoms with Crippen molar-refractivity contribution in [2.75, 3.05) is 5.32 Å². The lowest BCUT2D eigenvalue weighted by molar-refractivity contribution is 0.101. The molecule has 8 nitrogen and oxygen atoms in total. The van der Waals surface area contributed by atoms with E-state index in [0.717, 1.165) is 11.4 Å². The highest BCUT2D eigenvalue weighted by Crippen LogP contribution is 2.25. The number of thiazole rings is 1. The first-order valence-corrected chi connectivity index (χ1v) is 8.00. The molecule has 0 radical (unpaired) electrons. The summed E-state index contributed by atoms with van der Waals surface area (Å²) in [7, 11) is 0. The van der Waals surface area contributed by atoms with E-state index in [-0.39, 0.29) is 5.82 Å². The van der Waals surface area contributed by atoms with Crippen LogP contribution in [0.3, 0.4) is 0 Å². The van der Waals surface area contributed by atoms with Gasteiger partial charge in [-0.1, -0.05) is 0 Å². The third kappa shape index (κ3) is 2.54. The number of nitrogens with one attached hydrogen (secondary N) is 1. The maximum atomic E-state index is 12.3. The molecule has 0 aromatic carbocycles. The Morgan fingerprint density at radius 1 is 1.29 bits per heavy atom. The van der Waals surface area contributed by atoms with Gasteiger partial charge in [-0.15, -0.1) is 16.4 Å². The van der Waals surface area contributed by atoms with Crippen LogP contribution in [0, 0.1) is 13.8 Å². The summed E-state index contributed by atoms with van der Waals surface area (Å²) >= 11 is 1.30. The molecule has 0 saturated carbocycles. The lowest BCUT2D eigenvalue weighted by Gasteiger charge is -1.97. The van der Waals surface area contributed by atoms with Gasteiger partial charge in [-0.25, -0.2) is 14.5 Å². The summed E-state index contributed by atoms with van der Waals surface area (Å²) < 4.78 is 6.82. The van der Waals surface area contributed by atoms with Crippen LogP contribution in [-0.2, 0) is 0 Å². The normalized spacial score (nSPS) is 11.1. The van der Waals surface area contributed by atoms with Crippen molar-refractivity contribution >= 4 is 28.2 Å². The molecule has 0 aliphatic rings. The monoisotopic (exact) mass is 340 g/mol. The van der Waals surface area contributed by atoms with Gasteiger partial charge >= 0.3 is 0 Å². The van der Waals surface area contributed by atoms with Crippen LogP contribution in [0.5, 0.6) is 0 Å². The van der Waals surface area contributed by atoms with Crippen LogP contribution in [-0.4, -0.2) is 30.5 Å². The van der Waals surface area contributed by atoms with Crippen molar-refractivity contribution in [3.63, 3.8) is 0 Å². The van der Waals surface area contributed by atoms with E-state index >= 15 is 0 Å². The number of hydrogen-bond donors (Lipinski definition) is 1. The Labute approximate surface area is 140 Å². The lowest BCUT2D eigenvalue weighted by Crippen LogP contribution is -2.13. The van der Waals surface area contributed by atoms with Gasteiger partial charge in [-0.2, -0.15) is 4.98 Å². The largest absolute Gasteiger partial charge is 0.463 e. The Kier molecular flexibility index (Phi) is 3.35. The number of nitrogens with zero attached hydrogens (tertiary/aromatic N) is 5. The molecule has 4 rings (SSSR count). The first-order chi connectivity index (χ1) is 11.6.